The molecule has 25 heavy (non-hydrogen) atoms. The molecule has 3 aromatic rings. The zero-order valence-corrected chi connectivity index (χ0v) is 14.4. The summed E-state index contributed by atoms with van der Waals surface area (Å²) >= 11 is 6.06. The molecule has 0 atom stereocenters. The number of benzene rings is 3. The Morgan fingerprint density at radius 2 is 1.24 bits per heavy atom. The summed E-state index contributed by atoms with van der Waals surface area (Å²) in [7, 11) is 2.93. The average molecular weight is 361 g/mol. The van der Waals surface area contributed by atoms with E-state index >= 15 is 4.39 Å². The molecule has 0 unspecified atom stereocenters. The van der Waals surface area contributed by atoms with E-state index in [1.807, 2.05) is 0 Å². The van der Waals surface area contributed by atoms with Crippen molar-refractivity contribution in [2.75, 3.05) is 14.2 Å². The molecule has 0 N–H and O–H groups in total. The van der Waals surface area contributed by atoms with Crippen LogP contribution in [0.2, 0.25) is 5.02 Å². The van der Waals surface area contributed by atoms with Gasteiger partial charge in [0.25, 0.3) is 0 Å². The van der Waals surface area contributed by atoms with Crippen LogP contribution in [0, 0.1) is 11.6 Å². The number of methoxy groups -OCH3 is 2. The number of ether oxygens (including phenoxy) is 2. The van der Waals surface area contributed by atoms with E-state index in [-0.39, 0.29) is 16.1 Å². The minimum absolute atomic E-state index is 0.157. The van der Waals surface area contributed by atoms with Crippen LogP contribution in [-0.2, 0) is 0 Å². The lowest BCUT2D eigenvalue weighted by Gasteiger charge is -2.15. The Morgan fingerprint density at radius 3 is 1.84 bits per heavy atom. The fourth-order valence-electron chi connectivity index (χ4n) is 2.75. The van der Waals surface area contributed by atoms with E-state index < -0.39 is 11.6 Å². The summed E-state index contributed by atoms with van der Waals surface area (Å²) in [5, 5.41) is -0.178. The predicted molar refractivity (Wildman–Crippen MR) is 95.3 cm³/mol. The van der Waals surface area contributed by atoms with Gasteiger partial charge in [-0.25, -0.2) is 8.78 Å². The van der Waals surface area contributed by atoms with Gasteiger partial charge in [0.2, 0.25) is 0 Å². The molecule has 2 nitrogen and oxygen atoms in total. The van der Waals surface area contributed by atoms with E-state index in [1.54, 1.807) is 48.5 Å². The fraction of sp³-hybridized carbons (Fsp3) is 0.100. The van der Waals surface area contributed by atoms with Crippen molar-refractivity contribution in [3.63, 3.8) is 0 Å². The maximum Gasteiger partial charge on any atom is 0.152 e. The second-order valence-corrected chi connectivity index (χ2v) is 5.72. The molecule has 0 saturated carbocycles. The van der Waals surface area contributed by atoms with Crippen LogP contribution in [-0.4, -0.2) is 14.2 Å². The molecule has 0 spiro atoms. The highest BCUT2D eigenvalue weighted by Crippen LogP contribution is 2.42. The van der Waals surface area contributed by atoms with Gasteiger partial charge in [-0.2, -0.15) is 0 Å². The van der Waals surface area contributed by atoms with Crippen LogP contribution < -0.4 is 9.47 Å². The standard InChI is InChI=1S/C20H15ClF2O2/c1-24-16-9-5-3-7-12(16)14-11-15(21)20(23)18(19(14)22)13-8-4-6-10-17(13)25-2/h3-11H,1-2H3. The quantitative estimate of drug-likeness (QED) is 0.534. The second-order valence-electron chi connectivity index (χ2n) is 5.31. The highest BCUT2D eigenvalue weighted by molar-refractivity contribution is 6.31. The van der Waals surface area contributed by atoms with Crippen LogP contribution in [0.1, 0.15) is 0 Å². The molecule has 0 aliphatic carbocycles. The summed E-state index contributed by atoms with van der Waals surface area (Å²) in [6.45, 7) is 0. The number of hydrogen-bond donors (Lipinski definition) is 0. The van der Waals surface area contributed by atoms with Gasteiger partial charge in [0.05, 0.1) is 24.8 Å². The van der Waals surface area contributed by atoms with Crippen molar-refractivity contribution in [1.82, 2.24) is 0 Å². The van der Waals surface area contributed by atoms with E-state index in [1.165, 1.54) is 20.3 Å². The number of para-hydroxylation sites is 2. The average Bonchev–Trinajstić information content (AvgIpc) is 2.65. The molecule has 5 heteroatoms. The highest BCUT2D eigenvalue weighted by atomic mass is 35.5. The van der Waals surface area contributed by atoms with E-state index in [4.69, 9.17) is 21.1 Å². The summed E-state index contributed by atoms with van der Waals surface area (Å²) in [6, 6.07) is 14.8. The second kappa shape index (κ2) is 7.11. The molecule has 0 aliphatic heterocycles. The lowest BCUT2D eigenvalue weighted by Crippen LogP contribution is -1.98. The molecular weight excluding hydrogens is 346 g/mol. The van der Waals surface area contributed by atoms with Gasteiger partial charge in [0.1, 0.15) is 17.3 Å². The van der Waals surface area contributed by atoms with Crippen LogP contribution in [0.3, 0.4) is 0 Å². The third-order valence-corrected chi connectivity index (χ3v) is 4.20. The topological polar surface area (TPSA) is 18.5 Å². The molecule has 0 saturated heterocycles. The monoisotopic (exact) mass is 360 g/mol. The smallest absolute Gasteiger partial charge is 0.152 e. The van der Waals surface area contributed by atoms with Crippen molar-refractivity contribution >= 4 is 11.6 Å². The minimum Gasteiger partial charge on any atom is -0.496 e. The molecule has 0 fully saturated rings. The predicted octanol–water partition coefficient (Wildman–Crippen LogP) is 5.97. The maximum atomic E-state index is 15.3. The Bertz CT molecular complexity index is 926. The van der Waals surface area contributed by atoms with Gasteiger partial charge in [-0.15, -0.1) is 0 Å². The Labute approximate surface area is 149 Å². The largest absolute Gasteiger partial charge is 0.496 e. The Morgan fingerprint density at radius 1 is 0.720 bits per heavy atom. The Hall–Kier alpha value is -2.59. The normalized spacial score (nSPS) is 10.6. The first-order valence-electron chi connectivity index (χ1n) is 7.52. The Balaban J connectivity index is 2.33. The van der Waals surface area contributed by atoms with Crippen LogP contribution >= 0.6 is 11.6 Å². The van der Waals surface area contributed by atoms with E-state index in [0.717, 1.165) is 0 Å². The fourth-order valence-corrected chi connectivity index (χ4v) is 2.96. The van der Waals surface area contributed by atoms with Crippen LogP contribution in [0.4, 0.5) is 8.78 Å². The molecule has 0 amide bonds. The van der Waals surface area contributed by atoms with Gasteiger partial charge >= 0.3 is 0 Å². The molecule has 3 rings (SSSR count). The molecule has 0 bridgehead atoms. The maximum absolute atomic E-state index is 15.3. The zero-order valence-electron chi connectivity index (χ0n) is 13.6. The van der Waals surface area contributed by atoms with Crippen molar-refractivity contribution in [1.29, 1.82) is 0 Å². The summed E-state index contributed by atoms with van der Waals surface area (Å²) in [5.41, 5.74) is 0.704. The van der Waals surface area contributed by atoms with Gasteiger partial charge < -0.3 is 9.47 Å². The van der Waals surface area contributed by atoms with E-state index in [0.29, 0.717) is 22.6 Å². The van der Waals surface area contributed by atoms with Crippen molar-refractivity contribution in [3.05, 3.63) is 71.3 Å². The molecular formula is C20H15ClF2O2. The van der Waals surface area contributed by atoms with Crippen molar-refractivity contribution in [2.45, 2.75) is 0 Å². The van der Waals surface area contributed by atoms with Gasteiger partial charge in [-0.1, -0.05) is 48.0 Å². The van der Waals surface area contributed by atoms with Crippen molar-refractivity contribution < 1.29 is 18.3 Å². The SMILES string of the molecule is COc1ccccc1-c1cc(Cl)c(F)c(-c2ccccc2OC)c1F. The third-order valence-electron chi connectivity index (χ3n) is 3.93. The minimum atomic E-state index is -0.831. The summed E-state index contributed by atoms with van der Waals surface area (Å²) in [5.74, 6) is -0.734. The molecule has 0 aliphatic rings. The zero-order chi connectivity index (χ0) is 18.0. The van der Waals surface area contributed by atoms with Gasteiger partial charge in [-0.3, -0.25) is 0 Å². The molecule has 0 heterocycles. The van der Waals surface area contributed by atoms with Crippen molar-refractivity contribution in [2.24, 2.45) is 0 Å². The van der Waals surface area contributed by atoms with Gasteiger partial charge in [0.15, 0.2) is 5.82 Å². The first-order valence-corrected chi connectivity index (χ1v) is 7.90. The van der Waals surface area contributed by atoms with Gasteiger partial charge in [0, 0.05) is 16.7 Å². The molecule has 3 aromatic carbocycles. The number of halogens is 3. The van der Waals surface area contributed by atoms with Gasteiger partial charge in [-0.05, 0) is 18.2 Å². The van der Waals surface area contributed by atoms with Crippen LogP contribution in [0.5, 0.6) is 11.5 Å². The summed E-state index contributed by atoms with van der Waals surface area (Å²) < 4.78 is 40.5. The van der Waals surface area contributed by atoms with Crippen LogP contribution in [0.15, 0.2) is 54.6 Å². The molecule has 0 aromatic heterocycles. The van der Waals surface area contributed by atoms with E-state index in [2.05, 4.69) is 0 Å². The summed E-state index contributed by atoms with van der Waals surface area (Å²) in [4.78, 5) is 0. The molecule has 128 valence electrons. The first kappa shape index (κ1) is 17.2. The first-order chi connectivity index (χ1) is 12.1. The lowest BCUT2D eigenvalue weighted by molar-refractivity contribution is 0.415. The third kappa shape index (κ3) is 3.05. The van der Waals surface area contributed by atoms with E-state index in [9.17, 15) is 4.39 Å². The number of hydrogen-bond acceptors (Lipinski definition) is 2. The Kier molecular flexibility index (Phi) is 4.91. The van der Waals surface area contributed by atoms with Crippen LogP contribution in [0.25, 0.3) is 22.3 Å². The lowest BCUT2D eigenvalue weighted by atomic mass is 9.96. The number of rotatable bonds is 4. The summed E-state index contributed by atoms with van der Waals surface area (Å²) in [6.07, 6.45) is 0. The molecule has 0 radical (unpaired) electrons. The van der Waals surface area contributed by atoms with Crippen molar-refractivity contribution in [3.8, 4) is 33.8 Å². The highest BCUT2D eigenvalue weighted by Gasteiger charge is 2.23.